The Morgan fingerprint density at radius 2 is 2.05 bits per heavy atom. The maximum Gasteiger partial charge on any atom is 0.118 e. The summed E-state index contributed by atoms with van der Waals surface area (Å²) in [5, 5.41) is 3.52. The molecule has 0 radical (unpaired) electrons. The summed E-state index contributed by atoms with van der Waals surface area (Å²) in [7, 11) is 0. The minimum absolute atomic E-state index is 0.556. The summed E-state index contributed by atoms with van der Waals surface area (Å²) in [5.74, 6) is 1.77. The van der Waals surface area contributed by atoms with Gasteiger partial charge in [-0.3, -0.25) is 4.90 Å². The second-order valence-corrected chi connectivity index (χ2v) is 6.49. The Morgan fingerprint density at radius 1 is 1.32 bits per heavy atom. The van der Waals surface area contributed by atoms with Crippen molar-refractivity contribution in [2.75, 3.05) is 6.54 Å². The van der Waals surface area contributed by atoms with Crippen LogP contribution in [0.5, 0.6) is 0 Å². The summed E-state index contributed by atoms with van der Waals surface area (Å²) >= 11 is 0. The third-order valence-corrected chi connectivity index (χ3v) is 3.57. The van der Waals surface area contributed by atoms with Crippen LogP contribution in [0.1, 0.15) is 51.9 Å². The van der Waals surface area contributed by atoms with Gasteiger partial charge >= 0.3 is 0 Å². The maximum absolute atomic E-state index is 5.70. The molecule has 0 aromatic carbocycles. The zero-order valence-electron chi connectivity index (χ0n) is 12.8. The van der Waals surface area contributed by atoms with Crippen LogP contribution in [0, 0.1) is 5.92 Å². The van der Waals surface area contributed by atoms with Gasteiger partial charge < -0.3 is 9.73 Å². The summed E-state index contributed by atoms with van der Waals surface area (Å²) in [4.78, 5) is 2.47. The van der Waals surface area contributed by atoms with Crippen molar-refractivity contribution in [3.05, 3.63) is 23.7 Å². The van der Waals surface area contributed by atoms with Gasteiger partial charge in [0.25, 0.3) is 0 Å². The van der Waals surface area contributed by atoms with E-state index in [0.29, 0.717) is 12.0 Å². The quantitative estimate of drug-likeness (QED) is 0.780. The lowest BCUT2D eigenvalue weighted by atomic mass is 10.1. The smallest absolute Gasteiger partial charge is 0.118 e. The predicted octanol–water partition coefficient (Wildman–Crippen LogP) is 3.40. The van der Waals surface area contributed by atoms with Gasteiger partial charge in [0.2, 0.25) is 0 Å². The molecular weight excluding hydrogens is 236 g/mol. The maximum atomic E-state index is 5.70. The van der Waals surface area contributed by atoms with E-state index < -0.39 is 0 Å². The molecule has 1 N–H and O–H groups in total. The van der Waals surface area contributed by atoms with Crippen molar-refractivity contribution >= 4 is 0 Å². The number of hydrogen-bond donors (Lipinski definition) is 1. The van der Waals surface area contributed by atoms with Crippen LogP contribution in [0.15, 0.2) is 16.7 Å². The topological polar surface area (TPSA) is 28.4 Å². The van der Waals surface area contributed by atoms with E-state index >= 15 is 0 Å². The van der Waals surface area contributed by atoms with Crippen molar-refractivity contribution < 1.29 is 4.42 Å². The van der Waals surface area contributed by atoms with Crippen LogP contribution >= 0.6 is 0 Å². The van der Waals surface area contributed by atoms with Crippen LogP contribution in [0.4, 0.5) is 0 Å². The van der Waals surface area contributed by atoms with Gasteiger partial charge in [0.1, 0.15) is 5.76 Å². The first-order chi connectivity index (χ1) is 9.04. The number of furan rings is 1. The van der Waals surface area contributed by atoms with E-state index in [-0.39, 0.29) is 0 Å². The highest BCUT2D eigenvalue weighted by Gasteiger charge is 2.20. The molecular formula is C16H28N2O. The second kappa shape index (κ2) is 6.58. The molecule has 3 heteroatoms. The van der Waals surface area contributed by atoms with E-state index in [4.69, 9.17) is 4.42 Å². The molecule has 1 heterocycles. The normalized spacial score (nSPS) is 15.9. The Labute approximate surface area is 117 Å². The van der Waals surface area contributed by atoms with Gasteiger partial charge in [0, 0.05) is 30.7 Å². The number of nitrogens with zero attached hydrogens (tertiary/aromatic N) is 1. The first-order valence-corrected chi connectivity index (χ1v) is 7.58. The third-order valence-electron chi connectivity index (χ3n) is 3.57. The number of nitrogens with one attached hydrogen (secondary N) is 1. The summed E-state index contributed by atoms with van der Waals surface area (Å²) in [5.41, 5.74) is 1.27. The molecule has 0 spiro atoms. The molecule has 1 aliphatic rings. The second-order valence-electron chi connectivity index (χ2n) is 6.49. The third kappa shape index (κ3) is 5.00. The first-order valence-electron chi connectivity index (χ1n) is 7.58. The Hall–Kier alpha value is -0.800. The fourth-order valence-electron chi connectivity index (χ4n) is 2.28. The molecule has 0 saturated heterocycles. The van der Waals surface area contributed by atoms with Crippen LogP contribution in [0.3, 0.4) is 0 Å². The molecule has 0 atom stereocenters. The molecule has 0 unspecified atom stereocenters. The SMILES string of the molecule is CC(C)CN(Cc1cc(CNC2CC2)co1)C(C)C. The molecule has 1 aliphatic carbocycles. The zero-order valence-corrected chi connectivity index (χ0v) is 12.8. The highest BCUT2D eigenvalue weighted by atomic mass is 16.3. The molecule has 1 aromatic heterocycles. The van der Waals surface area contributed by atoms with Crippen LogP contribution in [-0.2, 0) is 13.1 Å². The van der Waals surface area contributed by atoms with E-state index in [1.165, 1.54) is 18.4 Å². The molecule has 0 aliphatic heterocycles. The van der Waals surface area contributed by atoms with E-state index in [1.807, 2.05) is 6.26 Å². The molecule has 19 heavy (non-hydrogen) atoms. The van der Waals surface area contributed by atoms with Crippen molar-refractivity contribution in [1.82, 2.24) is 10.2 Å². The van der Waals surface area contributed by atoms with Gasteiger partial charge in [-0.1, -0.05) is 13.8 Å². The van der Waals surface area contributed by atoms with Crippen molar-refractivity contribution in [2.45, 2.75) is 65.7 Å². The average molecular weight is 264 g/mol. The van der Waals surface area contributed by atoms with Crippen molar-refractivity contribution in [2.24, 2.45) is 5.92 Å². The molecule has 1 saturated carbocycles. The molecule has 1 fully saturated rings. The van der Waals surface area contributed by atoms with Crippen LogP contribution in [0.25, 0.3) is 0 Å². The molecule has 0 bridgehead atoms. The zero-order chi connectivity index (χ0) is 13.8. The van der Waals surface area contributed by atoms with Crippen LogP contribution < -0.4 is 5.32 Å². The molecule has 1 aromatic rings. The van der Waals surface area contributed by atoms with Crippen LogP contribution in [0.2, 0.25) is 0 Å². The van der Waals surface area contributed by atoms with Crippen molar-refractivity contribution in [3.63, 3.8) is 0 Å². The monoisotopic (exact) mass is 264 g/mol. The predicted molar refractivity (Wildman–Crippen MR) is 79.0 cm³/mol. The minimum Gasteiger partial charge on any atom is -0.468 e. The van der Waals surface area contributed by atoms with Gasteiger partial charge in [0.15, 0.2) is 0 Å². The first kappa shape index (κ1) is 14.6. The van der Waals surface area contributed by atoms with Gasteiger partial charge in [-0.05, 0) is 38.7 Å². The van der Waals surface area contributed by atoms with Gasteiger partial charge in [-0.2, -0.15) is 0 Å². The van der Waals surface area contributed by atoms with Gasteiger partial charge in [-0.25, -0.2) is 0 Å². The molecule has 2 rings (SSSR count). The largest absolute Gasteiger partial charge is 0.468 e. The summed E-state index contributed by atoms with van der Waals surface area (Å²) in [6.07, 6.45) is 4.57. The molecule has 3 nitrogen and oxygen atoms in total. The highest BCUT2D eigenvalue weighted by molar-refractivity contribution is 5.13. The molecule has 108 valence electrons. The fraction of sp³-hybridized carbons (Fsp3) is 0.750. The number of rotatable bonds is 8. The van der Waals surface area contributed by atoms with Gasteiger partial charge in [0.05, 0.1) is 12.8 Å². The van der Waals surface area contributed by atoms with E-state index in [2.05, 4.69) is 44.0 Å². The van der Waals surface area contributed by atoms with E-state index in [9.17, 15) is 0 Å². The van der Waals surface area contributed by atoms with Crippen LogP contribution in [-0.4, -0.2) is 23.5 Å². The Balaban J connectivity index is 1.85. The highest BCUT2D eigenvalue weighted by Crippen LogP contribution is 2.20. The van der Waals surface area contributed by atoms with Gasteiger partial charge in [-0.15, -0.1) is 0 Å². The lowest BCUT2D eigenvalue weighted by Gasteiger charge is -2.27. The Bertz CT molecular complexity index is 380. The Morgan fingerprint density at radius 3 is 2.63 bits per heavy atom. The van der Waals surface area contributed by atoms with Crippen molar-refractivity contribution in [3.8, 4) is 0 Å². The average Bonchev–Trinajstić information content (AvgIpc) is 3.05. The standard InChI is InChI=1S/C16H28N2O/c1-12(2)9-18(13(3)4)10-16-7-14(11-19-16)8-17-15-5-6-15/h7,11-13,15,17H,5-6,8-10H2,1-4H3. The summed E-state index contributed by atoms with van der Waals surface area (Å²) in [6, 6.07) is 3.51. The van der Waals surface area contributed by atoms with E-state index in [1.54, 1.807) is 0 Å². The number of hydrogen-bond acceptors (Lipinski definition) is 3. The molecule has 0 amide bonds. The summed E-state index contributed by atoms with van der Waals surface area (Å²) < 4.78 is 5.70. The lowest BCUT2D eigenvalue weighted by Crippen LogP contribution is -2.33. The van der Waals surface area contributed by atoms with Crippen molar-refractivity contribution in [1.29, 1.82) is 0 Å². The lowest BCUT2D eigenvalue weighted by molar-refractivity contribution is 0.175. The Kier molecular flexibility index (Phi) is 5.06. The minimum atomic E-state index is 0.556. The fourth-order valence-corrected chi connectivity index (χ4v) is 2.28. The van der Waals surface area contributed by atoms with E-state index in [0.717, 1.165) is 31.4 Å². The summed E-state index contributed by atoms with van der Waals surface area (Å²) in [6.45, 7) is 12.0.